The number of benzene rings is 7. The van der Waals surface area contributed by atoms with Crippen LogP contribution < -0.4 is 14.2 Å². The number of halogens is 2. The molecule has 10 rings (SSSR count). The van der Waals surface area contributed by atoms with E-state index < -0.39 is 52.4 Å². The number of unbranched alkanes of at least 4 members (excludes halogenated alkanes) is 3. The van der Waals surface area contributed by atoms with Crippen molar-refractivity contribution >= 4 is 131 Å². The number of methoxy groups -OCH3 is 8. The van der Waals surface area contributed by atoms with Crippen LogP contribution in [0.15, 0.2) is 120 Å². The first-order valence-corrected chi connectivity index (χ1v) is 55.5. The van der Waals surface area contributed by atoms with Crippen LogP contribution >= 0.6 is 45.2 Å². The van der Waals surface area contributed by atoms with Crippen molar-refractivity contribution in [3.8, 4) is 83.4 Å². The Kier molecular flexibility index (Phi) is 59.0. The molecule has 3 fully saturated rings. The molecule has 0 saturated carbocycles. The molecule has 0 aliphatic carbocycles. The third kappa shape index (κ3) is 41.6. The smallest absolute Gasteiger partial charge is 0.409 e. The Bertz CT molecular complexity index is 5550. The number of ether oxygens (including phenoxy) is 11. The third-order valence-electron chi connectivity index (χ3n) is 20.9. The number of aliphatic hydroxyl groups is 1. The number of nitrogens with zero attached hydrogens (tertiary/aromatic N) is 3. The Hall–Kier alpha value is -11.9. The van der Waals surface area contributed by atoms with Gasteiger partial charge in [-0.3, -0.25) is 4.18 Å². The number of cyclic esters (lactones) is 3. The second-order valence-electron chi connectivity index (χ2n) is 30.9. The first-order valence-electron chi connectivity index (χ1n) is 44.5. The van der Waals surface area contributed by atoms with Gasteiger partial charge in [0.25, 0.3) is 10.1 Å². The van der Waals surface area contributed by atoms with Crippen molar-refractivity contribution in [2.45, 2.75) is 158 Å². The van der Waals surface area contributed by atoms with Gasteiger partial charge in [-0.15, -0.1) is 37.0 Å². The molecule has 3 amide bonds. The zero-order chi connectivity index (χ0) is 104. The molecule has 3 aliphatic rings. The van der Waals surface area contributed by atoms with Crippen molar-refractivity contribution in [1.82, 2.24) is 14.7 Å². The van der Waals surface area contributed by atoms with Crippen molar-refractivity contribution in [3.63, 3.8) is 0 Å². The fraction of sp³-hybridized carbons (Fsp3) is 0.413. The number of aliphatic hydroxyl groups excluding tert-OH is 1. The number of carbonyl (C=O) groups is 9. The first-order chi connectivity index (χ1) is 66.2. The number of amides is 3. The van der Waals surface area contributed by atoms with Crippen LogP contribution in [0.25, 0.3) is 3.59 Å². The van der Waals surface area contributed by atoms with Crippen LogP contribution in [0.1, 0.15) is 204 Å². The number of aromatic hydroxyl groups is 3. The monoisotopic (exact) mass is 2280 g/mol. The molecular formula is C104H131I2N3O28SSn. The molecule has 0 radical (unpaired) electrons. The number of rotatable bonds is 32. The number of terminal acetylenes is 3. The van der Waals surface area contributed by atoms with Gasteiger partial charge in [0, 0.05) is 51.5 Å². The van der Waals surface area contributed by atoms with E-state index in [1.807, 2.05) is 45.9 Å². The summed E-state index contributed by atoms with van der Waals surface area (Å²) in [6, 6.07) is 30.8. The van der Waals surface area contributed by atoms with E-state index in [9.17, 15) is 66.9 Å². The number of para-hydroxylation sites is 2. The van der Waals surface area contributed by atoms with E-state index in [0.717, 1.165) is 41.4 Å². The molecular weight excluding hydrogens is 2140 g/mol. The summed E-state index contributed by atoms with van der Waals surface area (Å²) in [6.07, 6.45) is 26.4. The molecule has 139 heavy (non-hydrogen) atoms. The fourth-order valence-corrected chi connectivity index (χ4v) is 33.2. The van der Waals surface area contributed by atoms with Crippen LogP contribution in [0.5, 0.6) is 34.5 Å². The van der Waals surface area contributed by atoms with Crippen LogP contribution in [-0.2, 0) is 52.2 Å². The average molecular weight is 2280 g/mol. The summed E-state index contributed by atoms with van der Waals surface area (Å²) >= 11 is 1.34. The van der Waals surface area contributed by atoms with Gasteiger partial charge in [-0.1, -0.05) is 53.8 Å². The summed E-state index contributed by atoms with van der Waals surface area (Å²) in [4.78, 5) is 108. The number of carboxylic acids is 1. The van der Waals surface area contributed by atoms with Gasteiger partial charge >= 0.3 is 265 Å². The van der Waals surface area contributed by atoms with E-state index in [2.05, 4.69) is 127 Å². The Morgan fingerprint density at radius 2 is 0.856 bits per heavy atom. The predicted octanol–water partition coefficient (Wildman–Crippen LogP) is 18.9. The van der Waals surface area contributed by atoms with Crippen LogP contribution in [0.4, 0.5) is 14.4 Å². The van der Waals surface area contributed by atoms with E-state index in [-0.39, 0.29) is 88.7 Å². The van der Waals surface area contributed by atoms with Gasteiger partial charge in [0.2, 0.25) is 0 Å². The minimum Gasteiger partial charge on any atom is -0.507 e. The van der Waals surface area contributed by atoms with Gasteiger partial charge in [-0.25, -0.2) is 33.6 Å². The Morgan fingerprint density at radius 3 is 1.27 bits per heavy atom. The van der Waals surface area contributed by atoms with Crippen molar-refractivity contribution in [2.75, 3.05) is 129 Å². The standard InChI is InChI=1S/C17H20NO5.C17H19NO5.C11H12O3S.C10H11IO3.C9H9IO3.C9H10O3.C8H8O3.C7H9NO2.C4H6O.3C4H9.Sn/c2*1-12-10-13(11-14(15(12)21-2)16(19)22-3)6-4-5-7-18-8-9-23-17(18)20;1-3-4-9-14-15(12,13)11-7-5-10(2)6-8-11;1-6-4-7(11)5-8(9(6)13-2)10(12)14-3;1-5-3-6(10)4-7(8(5)11)9(12)13-2;1-6-4-3-5-7(8(6)10)9(11)12-2;1-5-3-2-4-6(7(5)9)8(10)11;1-2-3-4-8-5-6-10-7(8)9;1-2-3-4-5;3*1-3-4-2;/h4,10-11H,5,7-9H2,1-3H3;10-11H,5,7-9H2,1-3H3;1,5-8H,4,9H2,2H3;4-5H,1-3H3;3-4,11H,1-2H3;3-5,10H,1-2H3;2-4,9H,1H3,(H,10,11);1H,3-6H2;1,5H,3-4H2;3*1,3-4H2,2H3;. The van der Waals surface area contributed by atoms with Gasteiger partial charge in [-0.2, -0.15) is 8.42 Å². The maximum Gasteiger partial charge on any atom is 0.409 e. The normalized spacial score (nSPS) is 11.9. The maximum absolute atomic E-state index is 12.7. The minimum atomic E-state index is -3.64. The number of aryl methyl sites for hydroxylation is 7. The largest absolute Gasteiger partial charge is 0.507 e. The first kappa shape index (κ1) is 123. The SMILES string of the molecule is C#CCCN1CCOC1=O.C#CCCO.C#CCCOS(=O)(=O)c1ccc(C)cc1.CCC[CH2][Sn]([CH2]CCC)([CH2]CCC)/[C](=C/CCN1CCOC1=O)c1cc(C)c(OC)c(C(=O)OC)c1.COC(=O)c1cc(C#CCCN2CCOC2=O)cc(C)c1OC.COC(=O)c1cc(I)cc(C)c1O.COC(=O)c1cc(I)cc(C)c1OC.COC(=O)c1cccc(C)c1O.Cc1cccc(C(=O)O)c1O. The predicted molar refractivity (Wildman–Crippen MR) is 550 cm³/mol. The number of phenolic OH excluding ortho intramolecular Hbond substituents is 2. The molecule has 0 unspecified atom stereocenters. The second-order valence-corrected chi connectivity index (χ2v) is 48.1. The molecule has 7 aromatic rings. The van der Waals surface area contributed by atoms with Gasteiger partial charge in [-0.05, 0) is 175 Å². The molecule has 5 N–H and O–H groups in total. The second kappa shape index (κ2) is 66.6. The van der Waals surface area contributed by atoms with Crippen LogP contribution in [0.2, 0.25) is 13.3 Å². The average Bonchev–Trinajstić information content (AvgIpc) is 1.02. The fourth-order valence-electron chi connectivity index (χ4n) is 13.7. The molecule has 35 heteroatoms. The quantitative estimate of drug-likeness (QED) is 0.00497. The topological polar surface area (TPSA) is 409 Å². The van der Waals surface area contributed by atoms with E-state index in [1.165, 1.54) is 122 Å². The molecule has 3 heterocycles. The number of hydrogen-bond donors (Lipinski definition) is 5. The van der Waals surface area contributed by atoms with Crippen molar-refractivity contribution in [2.24, 2.45) is 0 Å². The van der Waals surface area contributed by atoms with Crippen molar-refractivity contribution in [1.29, 1.82) is 0 Å². The molecule has 0 aromatic heterocycles. The Balaban J connectivity index is 0.000000555. The minimum absolute atomic E-state index is 0.00716. The molecule has 7 aromatic carbocycles. The molecule has 0 bridgehead atoms. The number of carbonyl (C=O) groups excluding carboxylic acids is 8. The Labute approximate surface area is 849 Å². The zero-order valence-corrected chi connectivity index (χ0v) is 90.5. The number of hydrogen-bond acceptors (Lipinski definition) is 27. The van der Waals surface area contributed by atoms with Crippen molar-refractivity contribution in [3.05, 3.63) is 206 Å². The molecule has 0 spiro atoms. The van der Waals surface area contributed by atoms with E-state index in [4.69, 9.17) is 66.8 Å². The molecule has 31 nitrogen and oxygen atoms in total. The summed E-state index contributed by atoms with van der Waals surface area (Å²) in [6.45, 7) is 24.9. The van der Waals surface area contributed by atoms with Crippen molar-refractivity contribution < 1.29 is 133 Å². The summed E-state index contributed by atoms with van der Waals surface area (Å²) in [5.41, 5.74) is 9.13. The number of phenols is 3. The molecule has 3 aliphatic heterocycles. The summed E-state index contributed by atoms with van der Waals surface area (Å²) < 4.78 is 89.4. The van der Waals surface area contributed by atoms with Gasteiger partial charge in [0.15, 0.2) is 0 Å². The van der Waals surface area contributed by atoms with E-state index in [1.54, 1.807) is 110 Å². The molecule has 0 atom stereocenters. The van der Waals surface area contributed by atoms with E-state index in [0.29, 0.717) is 135 Å². The summed E-state index contributed by atoms with van der Waals surface area (Å²) in [5, 5.41) is 44.6. The molecule has 3 saturated heterocycles. The van der Waals surface area contributed by atoms with Crippen LogP contribution in [0, 0.1) is 104 Å². The third-order valence-corrected chi connectivity index (χ3v) is 39.4. The zero-order valence-electron chi connectivity index (χ0n) is 82.5. The molecule has 754 valence electrons. The summed E-state index contributed by atoms with van der Waals surface area (Å²) in [7, 11) is 7.68. The number of esters is 5. The van der Waals surface area contributed by atoms with Gasteiger partial charge in [0.1, 0.15) is 69.8 Å². The Morgan fingerprint density at radius 1 is 0.468 bits per heavy atom. The van der Waals surface area contributed by atoms with Gasteiger partial charge in [0.05, 0.1) is 73.9 Å². The maximum atomic E-state index is 12.7. The number of carboxylic acid groups (broad SMARTS) is 1. The van der Waals surface area contributed by atoms with Crippen LogP contribution in [0.3, 0.4) is 0 Å². The summed E-state index contributed by atoms with van der Waals surface area (Å²) in [5.74, 6) is 11.2. The van der Waals surface area contributed by atoms with Gasteiger partial charge < -0.3 is 73.2 Å². The van der Waals surface area contributed by atoms with Crippen LogP contribution in [-0.4, -0.2) is 250 Å². The number of aromatic carboxylic acids is 1. The van der Waals surface area contributed by atoms with E-state index >= 15 is 0 Å².